The molecule has 0 unspecified atom stereocenters. The van der Waals surface area contributed by atoms with Gasteiger partial charge in [0.05, 0.1) is 10.7 Å². The van der Waals surface area contributed by atoms with Crippen LogP contribution in [0, 0.1) is 16.0 Å². The number of sulfonamides is 1. The van der Waals surface area contributed by atoms with E-state index in [1.54, 1.807) is 0 Å². The number of nitro groups is 1. The number of phenolic OH excluding ortho intramolecular Hbond substituents is 1. The molecule has 1 aliphatic carbocycles. The number of hydrogen-bond donors (Lipinski definition) is 2. The number of para-hydroxylation sites is 1. The lowest BCUT2D eigenvalue weighted by atomic mass is 10.2. The molecule has 1 aromatic carbocycles. The Kier molecular flexibility index (Phi) is 3.12. The Hall–Kier alpha value is -1.83. The quantitative estimate of drug-likeness (QED) is 0.479. The van der Waals surface area contributed by atoms with Gasteiger partial charge in [-0.05, 0) is 24.8 Å². The van der Waals surface area contributed by atoms with Crippen molar-refractivity contribution in [3.8, 4) is 5.75 Å². The molecule has 2 rings (SSSR count). The van der Waals surface area contributed by atoms with E-state index >= 15 is 0 Å². The molecule has 98 valence electrons. The first kappa shape index (κ1) is 12.6. The molecule has 1 fully saturated rings. The van der Waals surface area contributed by atoms with Gasteiger partial charge in [-0.25, -0.2) is 8.42 Å². The van der Waals surface area contributed by atoms with Crippen molar-refractivity contribution in [1.82, 2.24) is 0 Å². The second-order valence-electron chi connectivity index (χ2n) is 4.26. The van der Waals surface area contributed by atoms with E-state index in [1.807, 2.05) is 0 Å². The Morgan fingerprint density at radius 2 is 2.11 bits per heavy atom. The standard InChI is InChI=1S/C10H12N2O5S/c13-9-3-1-2-8(12(14)15)10(9)11-18(16,17)6-7-4-5-7/h1-3,7,11,13H,4-6H2. The van der Waals surface area contributed by atoms with Gasteiger partial charge in [0.15, 0.2) is 5.69 Å². The van der Waals surface area contributed by atoms with Crippen molar-refractivity contribution >= 4 is 21.4 Å². The average molecular weight is 272 g/mol. The molecule has 18 heavy (non-hydrogen) atoms. The molecule has 0 aromatic heterocycles. The van der Waals surface area contributed by atoms with Crippen molar-refractivity contribution in [2.24, 2.45) is 5.92 Å². The van der Waals surface area contributed by atoms with Gasteiger partial charge in [0.2, 0.25) is 10.0 Å². The molecule has 1 saturated carbocycles. The second kappa shape index (κ2) is 4.45. The number of hydrogen-bond acceptors (Lipinski definition) is 5. The van der Waals surface area contributed by atoms with Crippen LogP contribution in [0.4, 0.5) is 11.4 Å². The van der Waals surface area contributed by atoms with Crippen LogP contribution in [0.1, 0.15) is 12.8 Å². The molecule has 0 radical (unpaired) electrons. The fourth-order valence-corrected chi connectivity index (χ4v) is 3.13. The summed E-state index contributed by atoms with van der Waals surface area (Å²) in [6.07, 6.45) is 1.70. The molecule has 0 aliphatic heterocycles. The highest BCUT2D eigenvalue weighted by Crippen LogP contribution is 2.36. The molecule has 1 aliphatic rings. The van der Waals surface area contributed by atoms with Gasteiger partial charge < -0.3 is 5.11 Å². The van der Waals surface area contributed by atoms with Gasteiger partial charge >= 0.3 is 0 Å². The van der Waals surface area contributed by atoms with Gasteiger partial charge in [-0.15, -0.1) is 0 Å². The van der Waals surface area contributed by atoms with Gasteiger partial charge in [-0.2, -0.15) is 0 Å². The zero-order valence-corrected chi connectivity index (χ0v) is 10.2. The van der Waals surface area contributed by atoms with Crippen molar-refractivity contribution in [2.75, 3.05) is 10.5 Å². The molecule has 0 spiro atoms. The van der Waals surface area contributed by atoms with Crippen LogP contribution in [0.25, 0.3) is 0 Å². The topological polar surface area (TPSA) is 110 Å². The Morgan fingerprint density at radius 3 is 2.67 bits per heavy atom. The smallest absolute Gasteiger partial charge is 0.297 e. The predicted molar refractivity (Wildman–Crippen MR) is 64.9 cm³/mol. The minimum Gasteiger partial charge on any atom is -0.505 e. The van der Waals surface area contributed by atoms with E-state index in [2.05, 4.69) is 4.72 Å². The first-order valence-corrected chi connectivity index (χ1v) is 7.01. The number of nitrogens with zero attached hydrogens (tertiary/aromatic N) is 1. The lowest BCUT2D eigenvalue weighted by molar-refractivity contribution is -0.383. The minimum atomic E-state index is -3.66. The SMILES string of the molecule is O=[N+]([O-])c1cccc(O)c1NS(=O)(=O)CC1CC1. The maximum absolute atomic E-state index is 11.7. The van der Waals surface area contributed by atoms with Crippen molar-refractivity contribution in [1.29, 1.82) is 0 Å². The molecule has 0 atom stereocenters. The van der Waals surface area contributed by atoms with Crippen molar-refractivity contribution in [2.45, 2.75) is 12.8 Å². The van der Waals surface area contributed by atoms with Crippen LogP contribution >= 0.6 is 0 Å². The average Bonchev–Trinajstić information content (AvgIpc) is 3.03. The molecular weight excluding hydrogens is 260 g/mol. The van der Waals surface area contributed by atoms with Crippen LogP contribution in [-0.4, -0.2) is 24.2 Å². The van der Waals surface area contributed by atoms with Crippen LogP contribution in [0.15, 0.2) is 18.2 Å². The van der Waals surface area contributed by atoms with E-state index in [1.165, 1.54) is 12.1 Å². The fourth-order valence-electron chi connectivity index (χ4n) is 1.58. The summed E-state index contributed by atoms with van der Waals surface area (Å²) in [6, 6.07) is 3.61. The number of anilines is 1. The summed E-state index contributed by atoms with van der Waals surface area (Å²) in [7, 11) is -3.66. The molecule has 7 nitrogen and oxygen atoms in total. The third kappa shape index (κ3) is 2.89. The molecule has 0 saturated heterocycles. The van der Waals surface area contributed by atoms with Gasteiger partial charge in [-0.3, -0.25) is 14.8 Å². The monoisotopic (exact) mass is 272 g/mol. The van der Waals surface area contributed by atoms with E-state index in [4.69, 9.17) is 0 Å². The van der Waals surface area contributed by atoms with Crippen molar-refractivity contribution in [3.05, 3.63) is 28.3 Å². The largest absolute Gasteiger partial charge is 0.505 e. The molecule has 0 heterocycles. The summed E-state index contributed by atoms with van der Waals surface area (Å²) >= 11 is 0. The molecule has 2 N–H and O–H groups in total. The normalized spacial score (nSPS) is 15.3. The Labute approximate surface area is 104 Å². The van der Waals surface area contributed by atoms with Crippen molar-refractivity contribution < 1.29 is 18.4 Å². The molecule has 1 aromatic rings. The highest BCUT2D eigenvalue weighted by atomic mass is 32.2. The summed E-state index contributed by atoms with van der Waals surface area (Å²) < 4.78 is 25.6. The summed E-state index contributed by atoms with van der Waals surface area (Å²) in [5, 5.41) is 20.3. The number of phenols is 1. The third-order valence-corrected chi connectivity index (χ3v) is 4.05. The highest BCUT2D eigenvalue weighted by Gasteiger charge is 2.30. The fraction of sp³-hybridized carbons (Fsp3) is 0.400. The van der Waals surface area contributed by atoms with E-state index in [9.17, 15) is 23.6 Å². The summed E-state index contributed by atoms with van der Waals surface area (Å²) in [5.74, 6) is -0.408. The van der Waals surface area contributed by atoms with Crippen LogP contribution in [-0.2, 0) is 10.0 Å². The Balaban J connectivity index is 2.29. The first-order chi connectivity index (χ1) is 8.39. The van der Waals surface area contributed by atoms with Crippen molar-refractivity contribution in [3.63, 3.8) is 0 Å². The van der Waals surface area contributed by atoms with Crippen LogP contribution in [0.3, 0.4) is 0 Å². The number of nitro benzene ring substituents is 1. The zero-order chi connectivity index (χ0) is 13.3. The number of aromatic hydroxyl groups is 1. The lowest BCUT2D eigenvalue weighted by Gasteiger charge is -2.09. The third-order valence-electron chi connectivity index (χ3n) is 2.63. The van der Waals surface area contributed by atoms with Crippen LogP contribution in [0.5, 0.6) is 5.75 Å². The van der Waals surface area contributed by atoms with E-state index < -0.39 is 26.4 Å². The van der Waals surface area contributed by atoms with E-state index in [0.29, 0.717) is 0 Å². The summed E-state index contributed by atoms with van der Waals surface area (Å²) in [4.78, 5) is 10.0. The van der Waals surface area contributed by atoms with E-state index in [-0.39, 0.29) is 17.4 Å². The van der Waals surface area contributed by atoms with Gasteiger partial charge in [0, 0.05) is 6.07 Å². The van der Waals surface area contributed by atoms with Gasteiger partial charge in [0.25, 0.3) is 5.69 Å². The molecule has 0 bridgehead atoms. The Bertz CT molecular complexity index is 580. The minimum absolute atomic E-state index is 0.0709. The molecule has 0 amide bonds. The van der Waals surface area contributed by atoms with Crippen LogP contribution in [0.2, 0.25) is 0 Å². The number of benzene rings is 1. The van der Waals surface area contributed by atoms with Gasteiger partial charge in [-0.1, -0.05) is 6.07 Å². The summed E-state index contributed by atoms with van der Waals surface area (Å²) in [6.45, 7) is 0. The maximum Gasteiger partial charge on any atom is 0.297 e. The first-order valence-electron chi connectivity index (χ1n) is 5.36. The molecule has 8 heteroatoms. The van der Waals surface area contributed by atoms with E-state index in [0.717, 1.165) is 18.9 Å². The lowest BCUT2D eigenvalue weighted by Crippen LogP contribution is -2.18. The summed E-state index contributed by atoms with van der Waals surface area (Å²) in [5.41, 5.74) is -0.836. The Morgan fingerprint density at radius 1 is 1.44 bits per heavy atom. The second-order valence-corrected chi connectivity index (χ2v) is 6.02. The van der Waals surface area contributed by atoms with Crippen LogP contribution < -0.4 is 4.72 Å². The molecular formula is C10H12N2O5S. The zero-order valence-electron chi connectivity index (χ0n) is 9.37. The van der Waals surface area contributed by atoms with Gasteiger partial charge in [0.1, 0.15) is 5.75 Å². The maximum atomic E-state index is 11.7. The predicted octanol–water partition coefficient (Wildman–Crippen LogP) is 1.45. The highest BCUT2D eigenvalue weighted by molar-refractivity contribution is 7.92. The number of rotatable bonds is 5. The number of nitrogens with one attached hydrogen (secondary N) is 1.